The maximum Gasteiger partial charge on any atom is 0.408 e. The Kier molecular flexibility index (Phi) is 9.59. The van der Waals surface area contributed by atoms with Gasteiger partial charge in [-0.05, 0) is 53.4 Å². The van der Waals surface area contributed by atoms with Crippen LogP contribution in [0.25, 0.3) is 11.3 Å². The van der Waals surface area contributed by atoms with Gasteiger partial charge in [0, 0.05) is 24.4 Å². The largest absolute Gasteiger partial charge is 0.464 e. The Morgan fingerprint density at radius 2 is 1.91 bits per heavy atom. The summed E-state index contributed by atoms with van der Waals surface area (Å²) in [5, 5.41) is 14.9. The molecule has 45 heavy (non-hydrogen) atoms. The molecule has 1 saturated heterocycles. The maximum absolute atomic E-state index is 14.2. The molecule has 1 aromatic carbocycles. The summed E-state index contributed by atoms with van der Waals surface area (Å²) in [5.74, 6) is -1.49. The molecule has 0 radical (unpaired) electrons. The molecule has 5 rings (SSSR count). The molecular formula is C33H44N6O6. The molecule has 12 heteroatoms. The first-order valence-electron chi connectivity index (χ1n) is 15.9. The summed E-state index contributed by atoms with van der Waals surface area (Å²) in [6, 6.07) is 7.41. The summed E-state index contributed by atoms with van der Waals surface area (Å²) in [4.78, 5) is 57.3. The average molecular weight is 621 g/mol. The van der Waals surface area contributed by atoms with Crippen molar-refractivity contribution in [2.45, 2.75) is 102 Å². The maximum atomic E-state index is 14.2. The third kappa shape index (κ3) is 7.54. The number of fused-ring (bicyclic) bond motifs is 2. The number of amides is 3. The number of aromatic nitrogens is 3. The molecule has 2 N–H and O–H groups in total. The molecule has 1 aliphatic carbocycles. The van der Waals surface area contributed by atoms with Crippen LogP contribution in [0.4, 0.5) is 4.79 Å². The minimum Gasteiger partial charge on any atom is -0.464 e. The van der Waals surface area contributed by atoms with Gasteiger partial charge in [0.15, 0.2) is 0 Å². The van der Waals surface area contributed by atoms with E-state index < -0.39 is 47.2 Å². The lowest BCUT2D eigenvalue weighted by Gasteiger charge is -2.30. The SMILES string of the molecule is CCOC(=O)[C@@]12C[C@@H]1/C=C\CCCCC[C@H](NC(=O)OC(C)(C)C)C(=O)N1C[C@H](n3ncc(-c4ccccc4)n3)C[C@H]1C(=O)N2. The fourth-order valence-electron chi connectivity index (χ4n) is 6.13. The van der Waals surface area contributed by atoms with Crippen LogP contribution in [0.15, 0.2) is 48.7 Å². The van der Waals surface area contributed by atoms with E-state index in [-0.39, 0.29) is 31.4 Å². The van der Waals surface area contributed by atoms with Crippen LogP contribution in [0.3, 0.4) is 0 Å². The van der Waals surface area contributed by atoms with Crippen LogP contribution in [-0.2, 0) is 23.9 Å². The van der Waals surface area contributed by atoms with E-state index in [9.17, 15) is 19.2 Å². The van der Waals surface area contributed by atoms with Gasteiger partial charge in [-0.1, -0.05) is 55.3 Å². The van der Waals surface area contributed by atoms with Gasteiger partial charge in [0.05, 0.1) is 18.8 Å². The topological polar surface area (TPSA) is 145 Å². The smallest absolute Gasteiger partial charge is 0.408 e. The van der Waals surface area contributed by atoms with Crippen molar-refractivity contribution in [2.75, 3.05) is 13.2 Å². The van der Waals surface area contributed by atoms with E-state index in [4.69, 9.17) is 9.47 Å². The highest BCUT2D eigenvalue weighted by Crippen LogP contribution is 2.46. The van der Waals surface area contributed by atoms with Crippen molar-refractivity contribution in [2.24, 2.45) is 5.92 Å². The molecule has 2 fully saturated rings. The second-order valence-corrected chi connectivity index (χ2v) is 13.1. The zero-order valence-corrected chi connectivity index (χ0v) is 26.5. The molecule has 2 aromatic rings. The number of rotatable bonds is 5. The third-order valence-electron chi connectivity index (χ3n) is 8.49. The molecule has 12 nitrogen and oxygen atoms in total. The highest BCUT2D eigenvalue weighted by molar-refractivity contribution is 5.96. The summed E-state index contributed by atoms with van der Waals surface area (Å²) in [6.07, 6.45) is 9.31. The number of carbonyl (C=O) groups is 4. The Morgan fingerprint density at radius 3 is 2.64 bits per heavy atom. The number of esters is 1. The second kappa shape index (κ2) is 13.4. The van der Waals surface area contributed by atoms with Crippen LogP contribution in [0, 0.1) is 5.92 Å². The summed E-state index contributed by atoms with van der Waals surface area (Å²) >= 11 is 0. The Bertz CT molecular complexity index is 1420. The molecule has 0 spiro atoms. The molecule has 2 aliphatic heterocycles. The van der Waals surface area contributed by atoms with E-state index in [0.717, 1.165) is 24.8 Å². The lowest BCUT2D eigenvalue weighted by atomic mass is 10.0. The first kappa shape index (κ1) is 32.2. The number of benzene rings is 1. The molecule has 3 aliphatic rings. The molecule has 3 heterocycles. The van der Waals surface area contributed by atoms with Gasteiger partial charge in [-0.25, -0.2) is 9.59 Å². The number of alkyl carbamates (subject to hydrolysis) is 1. The second-order valence-electron chi connectivity index (χ2n) is 13.1. The highest BCUT2D eigenvalue weighted by Gasteiger charge is 2.62. The Hall–Kier alpha value is -4.22. The van der Waals surface area contributed by atoms with E-state index in [0.29, 0.717) is 25.0 Å². The Labute approximate surface area is 263 Å². The van der Waals surface area contributed by atoms with Gasteiger partial charge in [-0.2, -0.15) is 15.0 Å². The fourth-order valence-corrected chi connectivity index (χ4v) is 6.13. The summed E-state index contributed by atoms with van der Waals surface area (Å²) < 4.78 is 10.9. The number of nitrogens with zero attached hydrogens (tertiary/aromatic N) is 4. The molecule has 5 atom stereocenters. The van der Waals surface area contributed by atoms with Gasteiger partial charge in [-0.15, -0.1) is 0 Å². The standard InChI is InChI=1S/C33H44N6O6/c1-5-44-30(42)33-19-23(33)16-12-7-6-8-13-17-25(35-31(43)45-32(2,3)4)29(41)38-21-24(18-27(38)28(40)36-33)39-34-20-26(37-39)22-14-10-9-11-15-22/h9-12,14-16,20,23-25,27H,5-8,13,17-19,21H2,1-4H3,(H,35,43)(H,36,40)/b16-12-/t23-,24+,25-,27-,33+/m0/s1. The van der Waals surface area contributed by atoms with Crippen molar-refractivity contribution in [1.29, 1.82) is 0 Å². The van der Waals surface area contributed by atoms with E-state index in [1.54, 1.807) is 38.7 Å². The summed E-state index contributed by atoms with van der Waals surface area (Å²) in [6.45, 7) is 7.36. The lowest BCUT2D eigenvalue weighted by Crippen LogP contribution is -2.56. The van der Waals surface area contributed by atoms with Crippen molar-refractivity contribution < 1.29 is 28.7 Å². The van der Waals surface area contributed by atoms with Crippen LogP contribution < -0.4 is 10.6 Å². The molecule has 0 bridgehead atoms. The van der Waals surface area contributed by atoms with E-state index in [2.05, 4.69) is 20.8 Å². The molecule has 1 aromatic heterocycles. The number of hydrogen-bond acceptors (Lipinski definition) is 8. The lowest BCUT2D eigenvalue weighted by molar-refractivity contribution is -0.150. The number of carbonyl (C=O) groups excluding carboxylic acids is 4. The van der Waals surface area contributed by atoms with Crippen molar-refractivity contribution in [3.05, 3.63) is 48.7 Å². The number of hydrogen-bond donors (Lipinski definition) is 2. The van der Waals surface area contributed by atoms with Gasteiger partial charge < -0.3 is 25.0 Å². The van der Waals surface area contributed by atoms with Crippen LogP contribution in [-0.4, -0.2) is 80.1 Å². The first-order valence-corrected chi connectivity index (χ1v) is 15.9. The van der Waals surface area contributed by atoms with E-state index in [1.165, 1.54) is 4.90 Å². The molecule has 1 saturated carbocycles. The fraction of sp³-hybridized carbons (Fsp3) is 0.576. The predicted molar refractivity (Wildman–Crippen MR) is 166 cm³/mol. The first-order chi connectivity index (χ1) is 21.5. The summed E-state index contributed by atoms with van der Waals surface area (Å²) in [5.41, 5.74) is -0.342. The van der Waals surface area contributed by atoms with Gasteiger partial charge in [0.1, 0.15) is 28.9 Å². The molecule has 242 valence electrons. The van der Waals surface area contributed by atoms with Crippen LogP contribution in [0.5, 0.6) is 0 Å². The van der Waals surface area contributed by atoms with Crippen molar-refractivity contribution in [1.82, 2.24) is 30.5 Å². The minimum atomic E-state index is -1.17. The van der Waals surface area contributed by atoms with Crippen molar-refractivity contribution in [3.63, 3.8) is 0 Å². The van der Waals surface area contributed by atoms with Crippen LogP contribution >= 0.6 is 0 Å². The van der Waals surface area contributed by atoms with Gasteiger partial charge in [0.2, 0.25) is 11.8 Å². The van der Waals surface area contributed by atoms with Gasteiger partial charge in [-0.3, -0.25) is 9.59 Å². The Morgan fingerprint density at radius 1 is 1.13 bits per heavy atom. The third-order valence-corrected chi connectivity index (χ3v) is 8.49. The normalized spacial score (nSPS) is 28.0. The molecule has 3 amide bonds. The number of nitrogens with one attached hydrogen (secondary N) is 2. The zero-order chi connectivity index (χ0) is 32.2. The minimum absolute atomic E-state index is 0.155. The quantitative estimate of drug-likeness (QED) is 0.378. The van der Waals surface area contributed by atoms with Crippen molar-refractivity contribution in [3.8, 4) is 11.3 Å². The van der Waals surface area contributed by atoms with Crippen molar-refractivity contribution >= 4 is 23.9 Å². The van der Waals surface area contributed by atoms with Gasteiger partial charge in [0.25, 0.3) is 0 Å². The number of ether oxygens (including phenoxy) is 2. The summed E-state index contributed by atoms with van der Waals surface area (Å²) in [7, 11) is 0. The van der Waals surface area contributed by atoms with Gasteiger partial charge >= 0.3 is 12.1 Å². The highest BCUT2D eigenvalue weighted by atomic mass is 16.6. The predicted octanol–water partition coefficient (Wildman–Crippen LogP) is 3.94. The molecule has 0 unspecified atom stereocenters. The van der Waals surface area contributed by atoms with E-state index >= 15 is 0 Å². The average Bonchev–Trinajstić information content (AvgIpc) is 3.31. The monoisotopic (exact) mass is 620 g/mol. The molecular weight excluding hydrogens is 576 g/mol. The van der Waals surface area contributed by atoms with Crippen LogP contribution in [0.2, 0.25) is 0 Å². The van der Waals surface area contributed by atoms with Crippen LogP contribution in [0.1, 0.15) is 78.7 Å². The Balaban J connectivity index is 1.45. The van der Waals surface area contributed by atoms with E-state index in [1.807, 2.05) is 42.5 Å². The zero-order valence-electron chi connectivity index (χ0n) is 26.5. The number of allylic oxidation sites excluding steroid dienone is 1.